The van der Waals surface area contributed by atoms with Crippen molar-refractivity contribution in [3.63, 3.8) is 0 Å². The van der Waals surface area contributed by atoms with Crippen molar-refractivity contribution in [3.8, 4) is 5.82 Å². The summed E-state index contributed by atoms with van der Waals surface area (Å²) in [6.07, 6.45) is 6.57. The number of rotatable bonds is 2. The van der Waals surface area contributed by atoms with E-state index < -0.39 is 0 Å². The molecule has 2 N–H and O–H groups in total. The standard InChI is InChI=1S/C8H7N5S/c9-7(14)6-1-2-11-12-8(6)13-4-3-10-5-13/h1-5H,(H2,9,14). The Bertz CT molecular complexity index is 451. The molecule has 2 aromatic heterocycles. The predicted octanol–water partition coefficient (Wildman–Crippen LogP) is 0.297. The van der Waals surface area contributed by atoms with E-state index in [0.717, 1.165) is 0 Å². The van der Waals surface area contributed by atoms with Gasteiger partial charge < -0.3 is 5.73 Å². The monoisotopic (exact) mass is 205 g/mol. The second-order valence-electron chi connectivity index (χ2n) is 2.60. The number of hydrogen-bond acceptors (Lipinski definition) is 4. The van der Waals surface area contributed by atoms with E-state index in [9.17, 15) is 0 Å². The maximum atomic E-state index is 5.55. The summed E-state index contributed by atoms with van der Waals surface area (Å²) in [5, 5.41) is 7.72. The molecule has 6 heteroatoms. The van der Waals surface area contributed by atoms with Gasteiger partial charge in [-0.05, 0) is 6.07 Å². The molecule has 0 aliphatic carbocycles. The molecule has 70 valence electrons. The highest BCUT2D eigenvalue weighted by molar-refractivity contribution is 7.80. The molecular weight excluding hydrogens is 198 g/mol. The zero-order valence-corrected chi connectivity index (χ0v) is 7.98. The van der Waals surface area contributed by atoms with Gasteiger partial charge in [0.1, 0.15) is 11.3 Å². The minimum Gasteiger partial charge on any atom is -0.389 e. The largest absolute Gasteiger partial charge is 0.389 e. The average Bonchev–Trinajstić information content (AvgIpc) is 2.70. The van der Waals surface area contributed by atoms with Crippen molar-refractivity contribution in [2.45, 2.75) is 0 Å². The van der Waals surface area contributed by atoms with Crippen molar-refractivity contribution in [1.29, 1.82) is 0 Å². The fourth-order valence-electron chi connectivity index (χ4n) is 1.09. The molecule has 0 aliphatic rings. The molecule has 2 heterocycles. The van der Waals surface area contributed by atoms with Crippen LogP contribution in [0.3, 0.4) is 0 Å². The van der Waals surface area contributed by atoms with Gasteiger partial charge in [0.2, 0.25) is 0 Å². The molecule has 0 saturated heterocycles. The second kappa shape index (κ2) is 3.51. The first-order valence-electron chi connectivity index (χ1n) is 3.89. The molecule has 5 nitrogen and oxygen atoms in total. The zero-order chi connectivity index (χ0) is 9.97. The van der Waals surface area contributed by atoms with Crippen molar-refractivity contribution >= 4 is 17.2 Å². The maximum Gasteiger partial charge on any atom is 0.170 e. The lowest BCUT2D eigenvalue weighted by Gasteiger charge is -2.05. The Hall–Kier alpha value is -1.82. The van der Waals surface area contributed by atoms with Crippen molar-refractivity contribution < 1.29 is 0 Å². The van der Waals surface area contributed by atoms with Crippen LogP contribution in [0.2, 0.25) is 0 Å². The van der Waals surface area contributed by atoms with Gasteiger partial charge >= 0.3 is 0 Å². The van der Waals surface area contributed by atoms with Crippen molar-refractivity contribution in [2.24, 2.45) is 5.73 Å². The van der Waals surface area contributed by atoms with Gasteiger partial charge in [-0.1, -0.05) is 12.2 Å². The molecule has 14 heavy (non-hydrogen) atoms. The highest BCUT2D eigenvalue weighted by Gasteiger charge is 2.07. The van der Waals surface area contributed by atoms with Gasteiger partial charge in [0.05, 0.1) is 11.8 Å². The molecule has 0 bridgehead atoms. The molecule has 0 radical (unpaired) electrons. The summed E-state index contributed by atoms with van der Waals surface area (Å²) in [7, 11) is 0. The molecule has 0 fully saturated rings. The van der Waals surface area contributed by atoms with E-state index in [4.69, 9.17) is 18.0 Å². The first kappa shape index (κ1) is 8.76. The van der Waals surface area contributed by atoms with E-state index >= 15 is 0 Å². The highest BCUT2D eigenvalue weighted by atomic mass is 32.1. The lowest BCUT2D eigenvalue weighted by Crippen LogP contribution is -2.14. The molecule has 0 amide bonds. The Labute approximate surface area is 85.6 Å². The van der Waals surface area contributed by atoms with E-state index in [2.05, 4.69) is 15.2 Å². The van der Waals surface area contributed by atoms with Gasteiger partial charge in [-0.15, -0.1) is 5.10 Å². The van der Waals surface area contributed by atoms with Gasteiger partial charge in [-0.3, -0.25) is 4.57 Å². The summed E-state index contributed by atoms with van der Waals surface area (Å²) in [4.78, 5) is 4.21. The fraction of sp³-hybridized carbons (Fsp3) is 0. The zero-order valence-electron chi connectivity index (χ0n) is 7.16. The average molecular weight is 205 g/mol. The van der Waals surface area contributed by atoms with Gasteiger partial charge in [-0.25, -0.2) is 4.98 Å². The number of thiocarbonyl (C=S) groups is 1. The Morgan fingerprint density at radius 1 is 1.43 bits per heavy atom. The Kier molecular flexibility index (Phi) is 2.19. The molecule has 2 aromatic rings. The van der Waals surface area contributed by atoms with Crippen LogP contribution in [0, 0.1) is 0 Å². The maximum absolute atomic E-state index is 5.55. The van der Waals surface area contributed by atoms with E-state index in [0.29, 0.717) is 16.4 Å². The van der Waals surface area contributed by atoms with Crippen molar-refractivity contribution in [1.82, 2.24) is 19.7 Å². The van der Waals surface area contributed by atoms with E-state index in [1.807, 2.05) is 0 Å². The summed E-state index contributed by atoms with van der Waals surface area (Å²) in [5.74, 6) is 0.595. The van der Waals surface area contributed by atoms with Gasteiger partial charge in [0.15, 0.2) is 5.82 Å². The second-order valence-corrected chi connectivity index (χ2v) is 3.04. The molecule has 0 saturated carbocycles. The normalized spacial score (nSPS) is 10.0. The van der Waals surface area contributed by atoms with Gasteiger partial charge in [-0.2, -0.15) is 5.10 Å². The minimum absolute atomic E-state index is 0.295. The topological polar surface area (TPSA) is 69.6 Å². The lowest BCUT2D eigenvalue weighted by atomic mass is 10.3. The fourth-order valence-corrected chi connectivity index (χ4v) is 1.25. The highest BCUT2D eigenvalue weighted by Crippen LogP contribution is 2.08. The smallest absolute Gasteiger partial charge is 0.170 e. The van der Waals surface area contributed by atoms with E-state index in [1.54, 1.807) is 35.6 Å². The van der Waals surface area contributed by atoms with Crippen molar-refractivity contribution in [3.05, 3.63) is 36.5 Å². The van der Waals surface area contributed by atoms with Gasteiger partial charge in [0.25, 0.3) is 0 Å². The Morgan fingerprint density at radius 2 is 2.29 bits per heavy atom. The summed E-state index contributed by atoms with van der Waals surface area (Å²) < 4.78 is 1.71. The SMILES string of the molecule is NC(=S)c1ccnnc1-n1ccnc1. The molecule has 0 aliphatic heterocycles. The van der Waals surface area contributed by atoms with Crippen LogP contribution in [0.1, 0.15) is 5.56 Å². The number of nitrogens with zero attached hydrogens (tertiary/aromatic N) is 4. The van der Waals surface area contributed by atoms with E-state index in [-0.39, 0.29) is 0 Å². The quantitative estimate of drug-likeness (QED) is 0.714. The van der Waals surface area contributed by atoms with Crippen LogP contribution in [0.5, 0.6) is 0 Å². The van der Waals surface area contributed by atoms with Crippen LogP contribution in [0.15, 0.2) is 31.0 Å². The molecule has 0 aromatic carbocycles. The number of nitrogens with two attached hydrogens (primary N) is 1. The van der Waals surface area contributed by atoms with Gasteiger partial charge in [0, 0.05) is 12.4 Å². The third kappa shape index (κ3) is 1.47. The van der Waals surface area contributed by atoms with Crippen LogP contribution in [0.4, 0.5) is 0 Å². The lowest BCUT2D eigenvalue weighted by molar-refractivity contribution is 0.908. The summed E-state index contributed by atoms with van der Waals surface area (Å²) in [6, 6.07) is 1.73. The van der Waals surface area contributed by atoms with Crippen LogP contribution < -0.4 is 5.73 Å². The first-order chi connectivity index (χ1) is 6.79. The Balaban J connectivity index is 2.58. The first-order valence-corrected chi connectivity index (χ1v) is 4.29. The molecule has 2 rings (SSSR count). The molecule has 0 atom stereocenters. The summed E-state index contributed by atoms with van der Waals surface area (Å²) in [5.41, 5.74) is 6.24. The van der Waals surface area contributed by atoms with Crippen LogP contribution in [-0.2, 0) is 0 Å². The number of imidazole rings is 1. The van der Waals surface area contributed by atoms with E-state index in [1.165, 1.54) is 0 Å². The minimum atomic E-state index is 0.295. The van der Waals surface area contributed by atoms with Crippen LogP contribution >= 0.6 is 12.2 Å². The third-order valence-electron chi connectivity index (χ3n) is 1.72. The van der Waals surface area contributed by atoms with Crippen molar-refractivity contribution in [2.75, 3.05) is 0 Å². The van der Waals surface area contributed by atoms with Crippen LogP contribution in [0.25, 0.3) is 5.82 Å². The predicted molar refractivity (Wildman–Crippen MR) is 55.0 cm³/mol. The summed E-state index contributed by atoms with van der Waals surface area (Å²) >= 11 is 4.90. The molecule has 0 unspecified atom stereocenters. The number of hydrogen-bond donors (Lipinski definition) is 1. The number of aromatic nitrogens is 4. The molecular formula is C8H7N5S. The summed E-state index contributed by atoms with van der Waals surface area (Å²) in [6.45, 7) is 0. The third-order valence-corrected chi connectivity index (χ3v) is 1.94. The Morgan fingerprint density at radius 3 is 2.93 bits per heavy atom. The van der Waals surface area contributed by atoms with Crippen LogP contribution in [-0.4, -0.2) is 24.7 Å². The molecule has 0 spiro atoms.